The number of ether oxygens (including phenoxy) is 1. The summed E-state index contributed by atoms with van der Waals surface area (Å²) in [7, 11) is 1.57. The Kier molecular flexibility index (Phi) is 2.90. The van der Waals surface area contributed by atoms with Crippen molar-refractivity contribution in [3.05, 3.63) is 34.5 Å². The molecule has 0 amide bonds. The lowest BCUT2D eigenvalue weighted by molar-refractivity contribution is 0.419. The fraction of sp³-hybridized carbons (Fsp3) is 0.167. The monoisotopic (exact) mass is 249 g/mol. The van der Waals surface area contributed by atoms with Crippen LogP contribution in [0, 0.1) is 12.3 Å². The van der Waals surface area contributed by atoms with Gasteiger partial charge in [-0.05, 0) is 25.1 Å². The second-order valence-electron chi connectivity index (χ2n) is 3.70. The molecule has 0 saturated carbocycles. The van der Waals surface area contributed by atoms with Gasteiger partial charge in [0.25, 0.3) is 0 Å². The Bertz CT molecular complexity index is 610. The van der Waals surface area contributed by atoms with Crippen LogP contribution in [0.4, 0.5) is 0 Å². The van der Waals surface area contributed by atoms with Crippen molar-refractivity contribution in [2.45, 2.75) is 6.92 Å². The lowest BCUT2D eigenvalue weighted by Gasteiger charge is -2.11. The zero-order valence-electron chi connectivity index (χ0n) is 9.54. The third-order valence-corrected chi connectivity index (χ3v) is 2.83. The molecular weight excluding hydrogens is 238 g/mol. The summed E-state index contributed by atoms with van der Waals surface area (Å²) in [5.74, 6) is 0.589. The predicted octanol–water partition coefficient (Wildman–Crippen LogP) is 2.49. The number of nitrogen functional groups attached to an aromatic ring is 1. The maximum atomic E-state index is 7.59. The average molecular weight is 250 g/mol. The van der Waals surface area contributed by atoms with E-state index in [0.29, 0.717) is 27.2 Å². The minimum Gasteiger partial charge on any atom is -0.494 e. The van der Waals surface area contributed by atoms with Crippen LogP contribution in [0.5, 0.6) is 5.75 Å². The maximum absolute atomic E-state index is 7.59. The molecule has 2 aromatic rings. The van der Waals surface area contributed by atoms with Gasteiger partial charge in [0, 0.05) is 16.6 Å². The lowest BCUT2D eigenvalue weighted by Crippen LogP contribution is -2.12. The molecule has 1 aromatic carbocycles. The Balaban J connectivity index is 2.97. The molecule has 1 heterocycles. The van der Waals surface area contributed by atoms with Crippen LogP contribution in [0.15, 0.2) is 18.2 Å². The van der Waals surface area contributed by atoms with Crippen molar-refractivity contribution >= 4 is 28.3 Å². The molecule has 0 saturated heterocycles. The Morgan fingerprint density at radius 2 is 2.18 bits per heavy atom. The van der Waals surface area contributed by atoms with E-state index in [0.717, 1.165) is 5.69 Å². The molecule has 4 nitrogen and oxygen atoms in total. The van der Waals surface area contributed by atoms with Gasteiger partial charge in [-0.25, -0.2) is 4.98 Å². The van der Waals surface area contributed by atoms with Gasteiger partial charge in [-0.15, -0.1) is 0 Å². The quantitative estimate of drug-likeness (QED) is 0.634. The standard InChI is InChI=1S/C12H12ClN3O/c1-6-5-7(12(14)15)10-8(13)3-4-9(17-2)11(10)16-6/h3-5H,1-2H3,(H3,14,15). The zero-order valence-corrected chi connectivity index (χ0v) is 10.3. The van der Waals surface area contributed by atoms with E-state index in [1.54, 1.807) is 25.3 Å². The van der Waals surface area contributed by atoms with Crippen molar-refractivity contribution in [3.8, 4) is 5.75 Å². The number of pyridine rings is 1. The van der Waals surface area contributed by atoms with Crippen LogP contribution < -0.4 is 10.5 Å². The molecule has 2 rings (SSSR count). The molecule has 3 N–H and O–H groups in total. The van der Waals surface area contributed by atoms with Gasteiger partial charge < -0.3 is 10.5 Å². The van der Waals surface area contributed by atoms with Crippen molar-refractivity contribution in [2.24, 2.45) is 5.73 Å². The zero-order chi connectivity index (χ0) is 12.6. The first-order valence-corrected chi connectivity index (χ1v) is 5.40. The second-order valence-corrected chi connectivity index (χ2v) is 4.11. The number of nitrogens with zero attached hydrogens (tertiary/aromatic N) is 1. The van der Waals surface area contributed by atoms with Crippen LogP contribution in [-0.4, -0.2) is 17.9 Å². The summed E-state index contributed by atoms with van der Waals surface area (Å²) in [5.41, 5.74) is 7.54. The minimum atomic E-state index is -0.0318. The van der Waals surface area contributed by atoms with Crippen molar-refractivity contribution in [2.75, 3.05) is 7.11 Å². The number of hydrogen-bond acceptors (Lipinski definition) is 3. The van der Waals surface area contributed by atoms with Gasteiger partial charge >= 0.3 is 0 Å². The molecule has 0 atom stereocenters. The minimum absolute atomic E-state index is 0.0318. The first-order valence-electron chi connectivity index (χ1n) is 5.03. The van der Waals surface area contributed by atoms with E-state index >= 15 is 0 Å². The van der Waals surface area contributed by atoms with Crippen molar-refractivity contribution in [1.82, 2.24) is 4.98 Å². The summed E-state index contributed by atoms with van der Waals surface area (Å²) < 4.78 is 5.24. The molecule has 0 unspecified atom stereocenters. The van der Waals surface area contributed by atoms with Gasteiger partial charge in [0.2, 0.25) is 0 Å². The van der Waals surface area contributed by atoms with Crippen LogP contribution in [0.3, 0.4) is 0 Å². The van der Waals surface area contributed by atoms with Crippen LogP contribution in [0.25, 0.3) is 10.9 Å². The molecular formula is C12H12ClN3O. The van der Waals surface area contributed by atoms with E-state index in [-0.39, 0.29) is 5.84 Å². The first kappa shape index (κ1) is 11.7. The highest BCUT2D eigenvalue weighted by molar-refractivity contribution is 6.37. The number of nitrogens with two attached hydrogens (primary N) is 1. The normalized spacial score (nSPS) is 10.5. The van der Waals surface area contributed by atoms with Gasteiger partial charge in [-0.1, -0.05) is 11.6 Å². The molecule has 0 fully saturated rings. The highest BCUT2D eigenvalue weighted by Crippen LogP contribution is 2.32. The van der Waals surface area contributed by atoms with E-state index in [4.69, 9.17) is 27.5 Å². The number of nitrogens with one attached hydrogen (secondary N) is 1. The summed E-state index contributed by atoms with van der Waals surface area (Å²) in [4.78, 5) is 4.39. The van der Waals surface area contributed by atoms with Crippen molar-refractivity contribution < 1.29 is 4.74 Å². The number of halogens is 1. The van der Waals surface area contributed by atoms with Gasteiger partial charge in [-0.3, -0.25) is 5.41 Å². The summed E-state index contributed by atoms with van der Waals surface area (Å²) in [5, 5.41) is 8.76. The number of aryl methyl sites for hydroxylation is 1. The number of aromatic nitrogens is 1. The Morgan fingerprint density at radius 1 is 1.47 bits per heavy atom. The van der Waals surface area contributed by atoms with E-state index in [1.807, 2.05) is 6.92 Å². The van der Waals surface area contributed by atoms with Crippen LogP contribution in [0.1, 0.15) is 11.3 Å². The van der Waals surface area contributed by atoms with Gasteiger partial charge in [-0.2, -0.15) is 0 Å². The number of amidine groups is 1. The molecule has 0 aliphatic rings. The third kappa shape index (κ3) is 1.91. The lowest BCUT2D eigenvalue weighted by atomic mass is 10.1. The van der Waals surface area contributed by atoms with E-state index in [1.165, 1.54) is 0 Å². The number of fused-ring (bicyclic) bond motifs is 1. The molecule has 0 spiro atoms. The van der Waals surface area contributed by atoms with E-state index < -0.39 is 0 Å². The number of benzene rings is 1. The smallest absolute Gasteiger partial charge is 0.145 e. The van der Waals surface area contributed by atoms with Crippen molar-refractivity contribution in [3.63, 3.8) is 0 Å². The van der Waals surface area contributed by atoms with Gasteiger partial charge in [0.05, 0.1) is 12.1 Å². The number of hydrogen-bond donors (Lipinski definition) is 2. The van der Waals surface area contributed by atoms with Crippen LogP contribution >= 0.6 is 11.6 Å². The third-order valence-electron chi connectivity index (χ3n) is 2.51. The maximum Gasteiger partial charge on any atom is 0.145 e. The Morgan fingerprint density at radius 3 is 2.76 bits per heavy atom. The molecule has 0 aliphatic carbocycles. The fourth-order valence-electron chi connectivity index (χ4n) is 1.78. The van der Waals surface area contributed by atoms with Gasteiger partial charge in [0.1, 0.15) is 17.1 Å². The second kappa shape index (κ2) is 4.22. The number of methoxy groups -OCH3 is 1. The molecule has 0 radical (unpaired) electrons. The van der Waals surface area contributed by atoms with Crippen molar-refractivity contribution in [1.29, 1.82) is 5.41 Å². The fourth-order valence-corrected chi connectivity index (χ4v) is 2.04. The summed E-state index contributed by atoms with van der Waals surface area (Å²) in [6.45, 7) is 1.84. The SMILES string of the molecule is COc1ccc(Cl)c2c(C(=N)N)cc(C)nc12. The molecule has 5 heteroatoms. The predicted molar refractivity (Wildman–Crippen MR) is 69.1 cm³/mol. The Labute approximate surface area is 104 Å². The van der Waals surface area contributed by atoms with E-state index in [9.17, 15) is 0 Å². The summed E-state index contributed by atoms with van der Waals surface area (Å²) >= 11 is 6.14. The van der Waals surface area contributed by atoms with E-state index in [2.05, 4.69) is 4.98 Å². The van der Waals surface area contributed by atoms with Crippen LogP contribution in [0.2, 0.25) is 5.02 Å². The average Bonchev–Trinajstić information content (AvgIpc) is 2.28. The largest absolute Gasteiger partial charge is 0.494 e. The molecule has 1 aromatic heterocycles. The summed E-state index contributed by atoms with van der Waals surface area (Å²) in [6, 6.07) is 5.21. The van der Waals surface area contributed by atoms with Gasteiger partial charge in [0.15, 0.2) is 0 Å². The highest BCUT2D eigenvalue weighted by Gasteiger charge is 2.13. The topological polar surface area (TPSA) is 72.0 Å². The highest BCUT2D eigenvalue weighted by atomic mass is 35.5. The molecule has 88 valence electrons. The van der Waals surface area contributed by atoms with Crippen LogP contribution in [-0.2, 0) is 0 Å². The molecule has 0 bridgehead atoms. The molecule has 0 aliphatic heterocycles. The first-order chi connectivity index (χ1) is 8.04. The molecule has 17 heavy (non-hydrogen) atoms. The summed E-state index contributed by atoms with van der Waals surface area (Å²) in [6.07, 6.45) is 0. The number of rotatable bonds is 2. The Hall–Kier alpha value is -1.81.